The number of imidazole rings is 1. The predicted molar refractivity (Wildman–Crippen MR) is 121 cm³/mol. The summed E-state index contributed by atoms with van der Waals surface area (Å²) < 4.78 is 2.15. The quantitative estimate of drug-likeness (QED) is 0.374. The lowest BCUT2D eigenvalue weighted by Gasteiger charge is -2.37. The molecule has 30 heavy (non-hydrogen) atoms. The Morgan fingerprint density at radius 2 is 1.27 bits per heavy atom. The molecule has 1 aromatic heterocycles. The molecule has 4 aromatic rings. The minimum absolute atomic E-state index is 0.550. The largest absolute Gasteiger partial charge is 0.387 e. The van der Waals surface area contributed by atoms with Gasteiger partial charge in [-0.15, -0.1) is 0 Å². The highest BCUT2D eigenvalue weighted by molar-refractivity contribution is 5.50. The van der Waals surface area contributed by atoms with Gasteiger partial charge in [-0.1, -0.05) is 111 Å². The molecule has 0 bridgehead atoms. The Balaban J connectivity index is 1.96. The van der Waals surface area contributed by atoms with E-state index in [-0.39, 0.29) is 0 Å². The van der Waals surface area contributed by atoms with Gasteiger partial charge in [-0.3, -0.25) is 0 Å². The van der Waals surface area contributed by atoms with Crippen molar-refractivity contribution in [2.45, 2.75) is 37.8 Å². The van der Waals surface area contributed by atoms with Crippen LogP contribution in [-0.4, -0.2) is 14.7 Å². The summed E-state index contributed by atoms with van der Waals surface area (Å²) in [5.41, 5.74) is 3.58. The maximum absolute atomic E-state index is 10.7. The van der Waals surface area contributed by atoms with Crippen LogP contribution >= 0.6 is 0 Å². The van der Waals surface area contributed by atoms with E-state index in [1.165, 1.54) is 0 Å². The van der Waals surface area contributed by atoms with E-state index in [0.29, 0.717) is 0 Å². The van der Waals surface area contributed by atoms with Gasteiger partial charge >= 0.3 is 0 Å². The number of aliphatic hydroxyl groups is 1. The van der Waals surface area contributed by atoms with Gasteiger partial charge in [-0.2, -0.15) is 0 Å². The van der Waals surface area contributed by atoms with Gasteiger partial charge in [0.05, 0.1) is 18.1 Å². The Kier molecular flexibility index (Phi) is 6.10. The zero-order chi connectivity index (χ0) is 20.8. The normalized spacial score (nSPS) is 12.6. The van der Waals surface area contributed by atoms with E-state index in [1.807, 2.05) is 30.7 Å². The number of hydrogen-bond donors (Lipinski definition) is 1. The second-order valence-corrected chi connectivity index (χ2v) is 7.67. The molecule has 152 valence electrons. The third-order valence-electron chi connectivity index (χ3n) is 5.74. The van der Waals surface area contributed by atoms with Gasteiger partial charge in [0.15, 0.2) is 0 Å². The summed E-state index contributed by atoms with van der Waals surface area (Å²) in [6.45, 7) is 2.14. The van der Waals surface area contributed by atoms with Crippen molar-refractivity contribution in [1.29, 1.82) is 0 Å². The summed E-state index contributed by atoms with van der Waals surface area (Å²) in [6, 6.07) is 31.5. The average Bonchev–Trinajstić information content (AvgIpc) is 3.31. The fraction of sp³-hybridized carbons (Fsp3) is 0.222. The average molecular weight is 397 g/mol. The van der Waals surface area contributed by atoms with E-state index >= 15 is 0 Å². The highest BCUT2D eigenvalue weighted by atomic mass is 16.3. The topological polar surface area (TPSA) is 38.0 Å². The summed E-state index contributed by atoms with van der Waals surface area (Å²) in [4.78, 5) is 4.62. The molecule has 0 aliphatic rings. The summed E-state index contributed by atoms with van der Waals surface area (Å²) >= 11 is 0. The zero-order valence-electron chi connectivity index (χ0n) is 17.4. The Morgan fingerprint density at radius 1 is 0.800 bits per heavy atom. The first kappa shape index (κ1) is 20.1. The summed E-state index contributed by atoms with van der Waals surface area (Å²) in [5, 5.41) is 10.7. The van der Waals surface area contributed by atoms with E-state index in [4.69, 9.17) is 0 Å². The fourth-order valence-electron chi connectivity index (χ4n) is 4.22. The van der Waals surface area contributed by atoms with Crippen molar-refractivity contribution in [2.75, 3.05) is 0 Å². The molecule has 3 aromatic carbocycles. The van der Waals surface area contributed by atoms with Crippen LogP contribution in [0.5, 0.6) is 0 Å². The van der Waals surface area contributed by atoms with Crippen LogP contribution in [0.1, 0.15) is 54.7 Å². The molecule has 0 amide bonds. The number of rotatable bonds is 8. The maximum atomic E-state index is 10.7. The standard InChI is InChI=1S/C27H28N2O/c1-2-3-19-26(30)25-20-29(21-28-25)27(22-13-7-4-8-14-22,23-15-9-5-10-16-23)24-17-11-6-12-18-24/h4-18,20-21,26,30H,2-3,19H2,1H3. The zero-order valence-corrected chi connectivity index (χ0v) is 17.4. The number of unbranched alkanes of at least 4 members (excludes halogenated alkanes) is 1. The van der Waals surface area contributed by atoms with E-state index < -0.39 is 11.6 Å². The summed E-state index contributed by atoms with van der Waals surface area (Å²) in [5.74, 6) is 0. The Bertz CT molecular complexity index is 945. The van der Waals surface area contributed by atoms with Gasteiger partial charge in [0.1, 0.15) is 5.54 Å². The van der Waals surface area contributed by atoms with Crippen molar-refractivity contribution in [3.8, 4) is 0 Å². The second-order valence-electron chi connectivity index (χ2n) is 7.67. The summed E-state index contributed by atoms with van der Waals surface area (Å²) in [6.07, 6.45) is 6.08. The van der Waals surface area contributed by atoms with Gasteiger partial charge in [0.25, 0.3) is 0 Å². The molecule has 0 spiro atoms. The number of aliphatic hydroxyl groups excluding tert-OH is 1. The first-order valence-electron chi connectivity index (χ1n) is 10.7. The maximum Gasteiger partial charge on any atom is 0.121 e. The van der Waals surface area contributed by atoms with Crippen molar-refractivity contribution in [3.63, 3.8) is 0 Å². The van der Waals surface area contributed by atoms with Crippen LogP contribution in [0.4, 0.5) is 0 Å². The van der Waals surface area contributed by atoms with Gasteiger partial charge in [0, 0.05) is 6.20 Å². The number of nitrogens with zero attached hydrogens (tertiary/aromatic N) is 2. The molecular weight excluding hydrogens is 368 g/mol. The molecule has 4 rings (SSSR count). The van der Waals surface area contributed by atoms with Crippen molar-refractivity contribution < 1.29 is 5.11 Å². The number of hydrogen-bond acceptors (Lipinski definition) is 2. The number of benzene rings is 3. The van der Waals surface area contributed by atoms with Gasteiger partial charge < -0.3 is 9.67 Å². The van der Waals surface area contributed by atoms with Crippen LogP contribution in [-0.2, 0) is 5.54 Å². The van der Waals surface area contributed by atoms with Crippen LogP contribution < -0.4 is 0 Å². The predicted octanol–water partition coefficient (Wildman–Crippen LogP) is 5.95. The van der Waals surface area contributed by atoms with Crippen LogP contribution in [0.3, 0.4) is 0 Å². The minimum Gasteiger partial charge on any atom is -0.387 e. The third-order valence-corrected chi connectivity index (χ3v) is 5.74. The molecule has 1 atom stereocenters. The molecule has 1 unspecified atom stereocenters. The fourth-order valence-corrected chi connectivity index (χ4v) is 4.22. The van der Waals surface area contributed by atoms with Crippen LogP contribution in [0.25, 0.3) is 0 Å². The van der Waals surface area contributed by atoms with Gasteiger partial charge in [-0.25, -0.2) is 4.98 Å². The molecule has 1 heterocycles. The van der Waals surface area contributed by atoms with Crippen molar-refractivity contribution >= 4 is 0 Å². The second kappa shape index (κ2) is 9.10. The SMILES string of the molecule is CCCCC(O)c1cn(C(c2ccccc2)(c2ccccc2)c2ccccc2)cn1. The van der Waals surface area contributed by atoms with Crippen molar-refractivity contribution in [3.05, 3.63) is 126 Å². The molecule has 0 saturated carbocycles. The minimum atomic E-state index is -0.584. The first-order valence-corrected chi connectivity index (χ1v) is 10.7. The van der Waals surface area contributed by atoms with Gasteiger partial charge in [-0.05, 0) is 23.1 Å². The molecule has 0 aliphatic heterocycles. The van der Waals surface area contributed by atoms with Crippen LogP contribution in [0, 0.1) is 0 Å². The van der Waals surface area contributed by atoms with E-state index in [0.717, 1.165) is 41.6 Å². The molecule has 3 heteroatoms. The van der Waals surface area contributed by atoms with Crippen LogP contribution in [0.15, 0.2) is 104 Å². The Labute approximate surface area is 178 Å². The van der Waals surface area contributed by atoms with E-state index in [1.54, 1.807) is 0 Å². The molecule has 0 aliphatic carbocycles. The third kappa shape index (κ3) is 3.69. The lowest BCUT2D eigenvalue weighted by atomic mass is 9.77. The van der Waals surface area contributed by atoms with Gasteiger partial charge in [0.2, 0.25) is 0 Å². The van der Waals surface area contributed by atoms with Crippen LogP contribution in [0.2, 0.25) is 0 Å². The molecular formula is C27H28N2O. The Morgan fingerprint density at radius 3 is 1.70 bits per heavy atom. The first-order chi connectivity index (χ1) is 14.8. The molecule has 0 saturated heterocycles. The van der Waals surface area contributed by atoms with Crippen molar-refractivity contribution in [2.24, 2.45) is 0 Å². The molecule has 3 nitrogen and oxygen atoms in total. The Hall–Kier alpha value is -3.17. The van der Waals surface area contributed by atoms with Crippen molar-refractivity contribution in [1.82, 2.24) is 9.55 Å². The highest BCUT2D eigenvalue weighted by Gasteiger charge is 2.38. The van der Waals surface area contributed by atoms with E-state index in [9.17, 15) is 5.11 Å². The lowest BCUT2D eigenvalue weighted by Crippen LogP contribution is -2.37. The smallest absolute Gasteiger partial charge is 0.121 e. The summed E-state index contributed by atoms with van der Waals surface area (Å²) in [7, 11) is 0. The molecule has 0 fully saturated rings. The molecule has 0 radical (unpaired) electrons. The number of aromatic nitrogens is 2. The van der Waals surface area contributed by atoms with E-state index in [2.05, 4.69) is 89.3 Å². The highest BCUT2D eigenvalue weighted by Crippen LogP contribution is 2.41. The lowest BCUT2D eigenvalue weighted by molar-refractivity contribution is 0.160. The molecule has 1 N–H and O–H groups in total. The monoisotopic (exact) mass is 396 g/mol.